The normalized spacial score (nSPS) is 14.2. The first kappa shape index (κ1) is 22.1. The van der Waals surface area contributed by atoms with E-state index in [-0.39, 0.29) is 30.1 Å². The Hall–Kier alpha value is -3.12. The molecule has 2 aromatic heterocycles. The van der Waals surface area contributed by atoms with Gasteiger partial charge in [0.25, 0.3) is 5.69 Å². The largest absolute Gasteiger partial charge is 0.335 e. The number of non-ortho nitro benzene ring substituents is 1. The lowest BCUT2D eigenvalue weighted by molar-refractivity contribution is -0.384. The molecule has 0 aliphatic heterocycles. The van der Waals surface area contributed by atoms with Crippen LogP contribution in [-0.2, 0) is 11.2 Å². The maximum atomic E-state index is 12.3. The van der Waals surface area contributed by atoms with E-state index in [2.05, 4.69) is 25.9 Å². The first-order chi connectivity index (χ1) is 15.5. The Balaban J connectivity index is 1.25. The fourth-order valence-corrected chi connectivity index (χ4v) is 5.20. The van der Waals surface area contributed by atoms with E-state index in [9.17, 15) is 19.7 Å². The molecule has 0 spiro atoms. The number of rotatable bonds is 7. The lowest BCUT2D eigenvalue weighted by Gasteiger charge is -2.22. The van der Waals surface area contributed by atoms with Crippen LogP contribution in [0, 0.1) is 10.1 Å². The van der Waals surface area contributed by atoms with Gasteiger partial charge in [0.15, 0.2) is 10.3 Å². The zero-order valence-corrected chi connectivity index (χ0v) is 18.8. The van der Waals surface area contributed by atoms with Gasteiger partial charge in [-0.1, -0.05) is 30.6 Å². The van der Waals surface area contributed by atoms with E-state index in [1.54, 1.807) is 6.07 Å². The fraction of sp³-hybridized carbons (Fsp3) is 0.400. The molecule has 12 heteroatoms. The van der Waals surface area contributed by atoms with Crippen LogP contribution in [0.3, 0.4) is 0 Å². The van der Waals surface area contributed by atoms with Crippen molar-refractivity contribution in [2.24, 2.45) is 0 Å². The highest BCUT2D eigenvalue weighted by Gasteiger charge is 2.17. The highest BCUT2D eigenvalue weighted by Crippen LogP contribution is 2.29. The van der Waals surface area contributed by atoms with Gasteiger partial charge in [-0.15, -0.1) is 11.3 Å². The van der Waals surface area contributed by atoms with Gasteiger partial charge in [-0.3, -0.25) is 20.2 Å². The Labute approximate surface area is 191 Å². The number of nitrogens with zero attached hydrogens (tertiary/aromatic N) is 3. The van der Waals surface area contributed by atoms with Crippen LogP contribution in [0.25, 0.3) is 10.2 Å². The number of anilines is 2. The molecular formula is C20H22N6O4S2. The van der Waals surface area contributed by atoms with E-state index >= 15 is 0 Å². The van der Waals surface area contributed by atoms with Crippen molar-refractivity contribution < 1.29 is 14.5 Å². The van der Waals surface area contributed by atoms with E-state index in [1.807, 2.05) is 5.38 Å². The van der Waals surface area contributed by atoms with Crippen molar-refractivity contribution in [1.82, 2.24) is 15.3 Å². The second-order valence-electron chi connectivity index (χ2n) is 7.55. The van der Waals surface area contributed by atoms with Gasteiger partial charge in [0.2, 0.25) is 5.91 Å². The van der Waals surface area contributed by atoms with Gasteiger partial charge < -0.3 is 10.6 Å². The topological polar surface area (TPSA) is 139 Å². The van der Waals surface area contributed by atoms with E-state index in [0.717, 1.165) is 31.4 Å². The van der Waals surface area contributed by atoms with E-state index in [1.165, 1.54) is 41.2 Å². The number of benzene rings is 1. The maximum Gasteiger partial charge on any atom is 0.321 e. The number of amides is 3. The number of carbonyl (C=O) groups excluding carboxylic acids is 2. The molecule has 3 N–H and O–H groups in total. The van der Waals surface area contributed by atoms with E-state index in [0.29, 0.717) is 26.9 Å². The van der Waals surface area contributed by atoms with Crippen LogP contribution in [0.4, 0.5) is 20.7 Å². The monoisotopic (exact) mass is 474 g/mol. The van der Waals surface area contributed by atoms with Gasteiger partial charge >= 0.3 is 6.03 Å². The quantitative estimate of drug-likeness (QED) is 0.335. The molecule has 1 fully saturated rings. The molecule has 1 aliphatic carbocycles. The molecule has 0 atom stereocenters. The summed E-state index contributed by atoms with van der Waals surface area (Å²) >= 11 is 2.51. The number of hydrogen-bond acceptors (Lipinski definition) is 8. The molecule has 0 unspecified atom stereocenters. The van der Waals surface area contributed by atoms with Crippen molar-refractivity contribution in [2.75, 3.05) is 10.6 Å². The third-order valence-electron chi connectivity index (χ3n) is 5.15. The van der Waals surface area contributed by atoms with Crippen LogP contribution in [0.15, 0.2) is 23.6 Å². The smallest absolute Gasteiger partial charge is 0.321 e. The summed E-state index contributed by atoms with van der Waals surface area (Å²) in [5.41, 5.74) is 1.30. The highest BCUT2D eigenvalue weighted by molar-refractivity contribution is 7.22. The second-order valence-corrected chi connectivity index (χ2v) is 9.44. The lowest BCUT2D eigenvalue weighted by Crippen LogP contribution is -2.38. The zero-order chi connectivity index (χ0) is 22.5. The van der Waals surface area contributed by atoms with Gasteiger partial charge in [-0.25, -0.2) is 14.8 Å². The first-order valence-corrected chi connectivity index (χ1v) is 12.0. The van der Waals surface area contributed by atoms with Crippen LogP contribution in [0.5, 0.6) is 0 Å². The Bertz CT molecular complexity index is 1140. The van der Waals surface area contributed by atoms with Gasteiger partial charge in [0, 0.05) is 30.0 Å². The molecule has 0 radical (unpaired) electrons. The summed E-state index contributed by atoms with van der Waals surface area (Å²) in [6, 6.07) is 4.37. The number of aryl methyl sites for hydroxylation is 1. The molecule has 0 bridgehead atoms. The molecule has 3 amide bonds. The third kappa shape index (κ3) is 5.77. The van der Waals surface area contributed by atoms with Crippen molar-refractivity contribution in [3.05, 3.63) is 39.4 Å². The molecule has 3 aromatic rings. The Morgan fingerprint density at radius 3 is 2.72 bits per heavy atom. The average Bonchev–Trinajstić information content (AvgIpc) is 3.38. The highest BCUT2D eigenvalue weighted by atomic mass is 32.1. The number of nitro groups is 1. The van der Waals surface area contributed by atoms with Gasteiger partial charge in [-0.05, 0) is 25.3 Å². The minimum absolute atomic E-state index is 0.0144. The molecular weight excluding hydrogens is 452 g/mol. The average molecular weight is 475 g/mol. The van der Waals surface area contributed by atoms with Gasteiger partial charge in [-0.2, -0.15) is 0 Å². The number of carbonyl (C=O) groups is 2. The SMILES string of the molecule is O=C(CCc1csc(NC(=O)NC2CCCCC2)n1)Nc1nc2ccc([N+](=O)[O-])cc2s1. The molecule has 1 saturated carbocycles. The van der Waals surface area contributed by atoms with Crippen LogP contribution in [0.2, 0.25) is 0 Å². The minimum Gasteiger partial charge on any atom is -0.335 e. The number of nitrogens with one attached hydrogen (secondary N) is 3. The van der Waals surface area contributed by atoms with E-state index in [4.69, 9.17) is 0 Å². The summed E-state index contributed by atoms with van der Waals surface area (Å²) in [7, 11) is 0. The van der Waals surface area contributed by atoms with Crippen molar-refractivity contribution in [1.29, 1.82) is 0 Å². The number of thiazole rings is 2. The summed E-state index contributed by atoms with van der Waals surface area (Å²) in [5.74, 6) is -0.226. The summed E-state index contributed by atoms with van der Waals surface area (Å²) in [4.78, 5) is 43.5. The Kier molecular flexibility index (Phi) is 6.90. The number of aromatic nitrogens is 2. The predicted octanol–water partition coefficient (Wildman–Crippen LogP) is 4.69. The minimum atomic E-state index is -0.464. The molecule has 168 valence electrons. The number of hydrogen-bond donors (Lipinski definition) is 3. The maximum absolute atomic E-state index is 12.3. The summed E-state index contributed by atoms with van der Waals surface area (Å²) in [6.45, 7) is 0. The number of nitro benzene ring substituents is 1. The van der Waals surface area contributed by atoms with Gasteiger partial charge in [0.05, 0.1) is 20.8 Å². The Morgan fingerprint density at radius 2 is 1.94 bits per heavy atom. The summed E-state index contributed by atoms with van der Waals surface area (Å²) in [5, 5.41) is 22.1. The first-order valence-electron chi connectivity index (χ1n) is 10.3. The van der Waals surface area contributed by atoms with Crippen molar-refractivity contribution in [3.63, 3.8) is 0 Å². The van der Waals surface area contributed by atoms with Crippen LogP contribution in [-0.4, -0.2) is 32.9 Å². The molecule has 32 heavy (non-hydrogen) atoms. The van der Waals surface area contributed by atoms with Crippen molar-refractivity contribution in [3.8, 4) is 0 Å². The zero-order valence-electron chi connectivity index (χ0n) is 17.1. The fourth-order valence-electron chi connectivity index (χ4n) is 3.55. The van der Waals surface area contributed by atoms with Gasteiger partial charge in [0.1, 0.15) is 0 Å². The van der Waals surface area contributed by atoms with Crippen LogP contribution >= 0.6 is 22.7 Å². The molecule has 0 saturated heterocycles. The van der Waals surface area contributed by atoms with Crippen LogP contribution < -0.4 is 16.0 Å². The van der Waals surface area contributed by atoms with Crippen molar-refractivity contribution >= 4 is 60.8 Å². The summed E-state index contributed by atoms with van der Waals surface area (Å²) in [6.07, 6.45) is 6.16. The molecule has 1 aliphatic rings. The number of urea groups is 1. The van der Waals surface area contributed by atoms with Crippen LogP contribution in [0.1, 0.15) is 44.2 Å². The molecule has 1 aromatic carbocycles. The van der Waals surface area contributed by atoms with E-state index < -0.39 is 4.92 Å². The molecule has 10 nitrogen and oxygen atoms in total. The molecule has 2 heterocycles. The Morgan fingerprint density at radius 1 is 1.12 bits per heavy atom. The molecule has 4 rings (SSSR count). The standard InChI is InChI=1S/C20H22N6O4S2/c27-17(24-20-23-15-8-7-14(26(29)30)10-16(15)32-20)9-6-13-11-31-19(22-13)25-18(28)21-12-4-2-1-3-5-12/h7-8,10-12H,1-6,9H2,(H,23,24,27)(H2,21,22,25,28). The predicted molar refractivity (Wildman–Crippen MR) is 124 cm³/mol. The third-order valence-corrected chi connectivity index (χ3v) is 6.89. The summed E-state index contributed by atoms with van der Waals surface area (Å²) < 4.78 is 0.635. The second kappa shape index (κ2) is 10.0. The lowest BCUT2D eigenvalue weighted by atomic mass is 9.96. The van der Waals surface area contributed by atoms with Crippen molar-refractivity contribution in [2.45, 2.75) is 51.0 Å². The number of fused-ring (bicyclic) bond motifs is 1.